The van der Waals surface area contributed by atoms with E-state index in [9.17, 15) is 14.5 Å². The van der Waals surface area contributed by atoms with Crippen molar-refractivity contribution in [2.24, 2.45) is 0 Å². The Balaban J connectivity index is 1.85. The Hall–Kier alpha value is -1.82. The third-order valence-corrected chi connectivity index (χ3v) is 4.08. The number of aromatic amines is 1. The molecule has 0 bridgehead atoms. The molecule has 3 atom stereocenters. The lowest BCUT2D eigenvalue weighted by Crippen LogP contribution is -2.25. The lowest BCUT2D eigenvalue weighted by Gasteiger charge is -2.16. The molecule has 5 N–H and O–H groups in total. The van der Waals surface area contributed by atoms with Crippen molar-refractivity contribution in [1.82, 2.24) is 19.5 Å². The third kappa shape index (κ3) is 3.34. The maximum atomic E-state index is 11.9. The van der Waals surface area contributed by atoms with Crippen LogP contribution in [0.5, 0.6) is 0 Å². The Bertz CT molecular complexity index is 845. The van der Waals surface area contributed by atoms with Crippen LogP contribution in [0.15, 0.2) is 11.1 Å². The quantitative estimate of drug-likeness (QED) is 0.412. The molecule has 2 aromatic heterocycles. The lowest BCUT2D eigenvalue weighted by molar-refractivity contribution is -0.0424. The largest absolute Gasteiger partial charge is 0.469 e. The van der Waals surface area contributed by atoms with Crippen LogP contribution in [0.2, 0.25) is 0 Å². The van der Waals surface area contributed by atoms with E-state index in [1.54, 1.807) is 7.05 Å². The average Bonchev–Trinajstić information content (AvgIpc) is 3.08. The second-order valence-electron chi connectivity index (χ2n) is 5.21. The number of nitrogens with zero attached hydrogens (tertiary/aromatic N) is 3. The first-order chi connectivity index (χ1) is 11.3. The Labute approximate surface area is 134 Å². The molecule has 1 aliphatic rings. The van der Waals surface area contributed by atoms with Gasteiger partial charge in [-0.2, -0.15) is 4.98 Å². The first kappa shape index (κ1) is 17.0. The number of phosphoric ester groups is 1. The highest BCUT2D eigenvalue weighted by Crippen LogP contribution is 2.38. The fourth-order valence-electron chi connectivity index (χ4n) is 2.46. The molecule has 0 aromatic carbocycles. The summed E-state index contributed by atoms with van der Waals surface area (Å²) in [5.74, 6) is 0.245. The Morgan fingerprint density at radius 1 is 1.58 bits per heavy atom. The number of aliphatic hydroxyl groups excluding tert-OH is 1. The van der Waals surface area contributed by atoms with Gasteiger partial charge >= 0.3 is 7.82 Å². The zero-order chi connectivity index (χ0) is 17.5. The minimum Gasteiger partial charge on any atom is -0.390 e. The van der Waals surface area contributed by atoms with E-state index in [0.29, 0.717) is 0 Å². The number of rotatable bonds is 5. The van der Waals surface area contributed by atoms with E-state index < -0.39 is 38.4 Å². The van der Waals surface area contributed by atoms with Gasteiger partial charge in [-0.15, -0.1) is 0 Å². The highest BCUT2D eigenvalue weighted by atomic mass is 31.2. The van der Waals surface area contributed by atoms with Crippen LogP contribution in [0, 0.1) is 0 Å². The zero-order valence-corrected chi connectivity index (χ0v) is 13.4. The molecule has 0 unspecified atom stereocenters. The van der Waals surface area contributed by atoms with Gasteiger partial charge in [0.05, 0.1) is 19.0 Å². The molecule has 0 spiro atoms. The average molecular weight is 361 g/mol. The minimum absolute atomic E-state index is 0.113. The molecule has 0 amide bonds. The number of phosphoric acid groups is 1. The normalized spacial score (nSPS) is 24.6. The van der Waals surface area contributed by atoms with Crippen LogP contribution in [0.3, 0.4) is 0 Å². The number of ether oxygens (including phenoxy) is 1. The van der Waals surface area contributed by atoms with E-state index in [1.165, 1.54) is 10.9 Å². The Morgan fingerprint density at radius 3 is 3.00 bits per heavy atom. The maximum Gasteiger partial charge on any atom is 0.469 e. The molecule has 24 heavy (non-hydrogen) atoms. The van der Waals surface area contributed by atoms with Gasteiger partial charge < -0.3 is 24.9 Å². The van der Waals surface area contributed by atoms with Crippen LogP contribution in [0.1, 0.15) is 12.6 Å². The topological polar surface area (TPSA) is 172 Å². The molecule has 3 rings (SSSR count). The van der Waals surface area contributed by atoms with Crippen LogP contribution in [-0.4, -0.2) is 60.3 Å². The summed E-state index contributed by atoms with van der Waals surface area (Å²) in [5.41, 5.74) is -0.0538. The van der Waals surface area contributed by atoms with Gasteiger partial charge in [0, 0.05) is 13.5 Å². The zero-order valence-electron chi connectivity index (χ0n) is 12.5. The standard InChI is InChI=1S/C11H16N5O7P/c1-12-11-14-9-8(10(18)15-11)13-4-16(9)7-2-5(17)6(23-7)3-22-24(19,20)21/h4-7,17H,2-3H2,1H3,(H2,19,20,21)(H2,12,14,15,18)/t5-,6+,7+/m0/s1. The Morgan fingerprint density at radius 2 is 2.33 bits per heavy atom. The van der Waals surface area contributed by atoms with E-state index in [2.05, 4.69) is 24.8 Å². The monoisotopic (exact) mass is 361 g/mol. The summed E-state index contributed by atoms with van der Waals surface area (Å²) in [6.07, 6.45) is -1.13. The molecule has 0 radical (unpaired) electrons. The summed E-state index contributed by atoms with van der Waals surface area (Å²) in [7, 11) is -3.06. The molecule has 0 saturated carbocycles. The summed E-state index contributed by atoms with van der Waals surface area (Å²) in [6.45, 7) is -0.468. The molecule has 13 heteroatoms. The number of anilines is 1. The van der Waals surface area contributed by atoms with E-state index in [1.807, 2.05) is 0 Å². The predicted octanol–water partition coefficient (Wildman–Crippen LogP) is -1.08. The van der Waals surface area contributed by atoms with Crippen molar-refractivity contribution in [2.75, 3.05) is 19.0 Å². The van der Waals surface area contributed by atoms with Crippen molar-refractivity contribution < 1.29 is 28.7 Å². The van der Waals surface area contributed by atoms with Gasteiger partial charge in [0.1, 0.15) is 12.3 Å². The molecular formula is C11H16N5O7P. The maximum absolute atomic E-state index is 11.9. The first-order valence-corrected chi connectivity index (χ1v) is 8.49. The van der Waals surface area contributed by atoms with Crippen LogP contribution < -0.4 is 10.9 Å². The van der Waals surface area contributed by atoms with Crippen molar-refractivity contribution in [3.05, 3.63) is 16.7 Å². The second kappa shape index (κ2) is 6.24. The van der Waals surface area contributed by atoms with Gasteiger partial charge in [0.15, 0.2) is 11.2 Å². The van der Waals surface area contributed by atoms with Crippen LogP contribution >= 0.6 is 7.82 Å². The van der Waals surface area contributed by atoms with Crippen molar-refractivity contribution in [3.8, 4) is 0 Å². The molecule has 1 saturated heterocycles. The number of H-pyrrole nitrogens is 1. The number of aliphatic hydroxyl groups is 1. The van der Waals surface area contributed by atoms with E-state index in [4.69, 9.17) is 14.5 Å². The van der Waals surface area contributed by atoms with Crippen molar-refractivity contribution in [2.45, 2.75) is 24.9 Å². The number of aromatic nitrogens is 4. The number of nitrogens with one attached hydrogen (secondary N) is 2. The molecule has 12 nitrogen and oxygen atoms in total. The highest BCUT2D eigenvalue weighted by molar-refractivity contribution is 7.46. The van der Waals surface area contributed by atoms with E-state index in [-0.39, 0.29) is 23.5 Å². The molecule has 1 aliphatic heterocycles. The number of hydrogen-bond acceptors (Lipinski definition) is 8. The van der Waals surface area contributed by atoms with Crippen LogP contribution in [0.25, 0.3) is 11.2 Å². The Kier molecular flexibility index (Phi) is 4.42. The third-order valence-electron chi connectivity index (χ3n) is 3.59. The van der Waals surface area contributed by atoms with Crippen molar-refractivity contribution in [1.29, 1.82) is 0 Å². The van der Waals surface area contributed by atoms with Gasteiger partial charge in [0.2, 0.25) is 5.95 Å². The fraction of sp³-hybridized carbons (Fsp3) is 0.545. The van der Waals surface area contributed by atoms with Crippen molar-refractivity contribution >= 4 is 24.9 Å². The van der Waals surface area contributed by atoms with Crippen LogP contribution in [-0.2, 0) is 13.8 Å². The SMILES string of the molecule is CNc1nc2c(ncn2[C@H]2C[C@H](O)[C@@H](COP(=O)(O)O)O2)c(=O)[nH]1. The predicted molar refractivity (Wildman–Crippen MR) is 80.2 cm³/mol. The summed E-state index contributed by atoms with van der Waals surface area (Å²) in [4.78, 5) is 40.1. The second-order valence-corrected chi connectivity index (χ2v) is 6.45. The summed E-state index contributed by atoms with van der Waals surface area (Å²) >= 11 is 0. The minimum atomic E-state index is -4.66. The molecule has 0 aliphatic carbocycles. The highest BCUT2D eigenvalue weighted by Gasteiger charge is 2.37. The van der Waals surface area contributed by atoms with Gasteiger partial charge in [-0.25, -0.2) is 9.55 Å². The van der Waals surface area contributed by atoms with Gasteiger partial charge in [-0.1, -0.05) is 0 Å². The molecule has 2 aromatic rings. The number of hydrogen-bond donors (Lipinski definition) is 5. The molecule has 132 valence electrons. The molecule has 3 heterocycles. The summed E-state index contributed by atoms with van der Waals surface area (Å²) < 4.78 is 22.2. The van der Waals surface area contributed by atoms with Gasteiger partial charge in [-0.3, -0.25) is 18.9 Å². The summed E-state index contributed by atoms with van der Waals surface area (Å²) in [5, 5.41) is 12.7. The fourth-order valence-corrected chi connectivity index (χ4v) is 2.80. The first-order valence-electron chi connectivity index (χ1n) is 6.96. The van der Waals surface area contributed by atoms with Crippen LogP contribution in [0.4, 0.5) is 5.95 Å². The van der Waals surface area contributed by atoms with Crippen molar-refractivity contribution in [3.63, 3.8) is 0 Å². The molecular weight excluding hydrogens is 345 g/mol. The van der Waals surface area contributed by atoms with Gasteiger partial charge in [-0.05, 0) is 0 Å². The smallest absolute Gasteiger partial charge is 0.390 e. The molecule has 1 fully saturated rings. The lowest BCUT2D eigenvalue weighted by atomic mass is 10.2. The summed E-state index contributed by atoms with van der Waals surface area (Å²) in [6, 6.07) is 0. The van der Waals surface area contributed by atoms with E-state index >= 15 is 0 Å². The van der Waals surface area contributed by atoms with E-state index in [0.717, 1.165) is 0 Å². The van der Waals surface area contributed by atoms with Gasteiger partial charge in [0.25, 0.3) is 5.56 Å². The number of fused-ring (bicyclic) bond motifs is 1. The number of imidazole rings is 1.